The van der Waals surface area contributed by atoms with Gasteiger partial charge in [-0.1, -0.05) is 18.2 Å². The van der Waals surface area contributed by atoms with Crippen LogP contribution in [-0.2, 0) is 9.84 Å². The molecule has 1 aliphatic rings. The standard InChI is InChI=1S/C19H18N2O5S/c1-26-17-10-15(27(24,25)18-5-3-2-4-13(18)11-20)6-7-16(17)14-8-9-21(12-14)19(22)23/h2-7,10,14H,8-9,12H2,1H3,(H,22,23). The van der Waals surface area contributed by atoms with Gasteiger partial charge in [-0.3, -0.25) is 0 Å². The summed E-state index contributed by atoms with van der Waals surface area (Å²) in [5.41, 5.74) is 0.849. The second kappa shape index (κ2) is 7.29. The van der Waals surface area contributed by atoms with Gasteiger partial charge in [0.15, 0.2) is 0 Å². The summed E-state index contributed by atoms with van der Waals surface area (Å²) in [5, 5.41) is 18.3. The SMILES string of the molecule is COc1cc(S(=O)(=O)c2ccccc2C#N)ccc1C1CCN(C(=O)O)C1. The van der Waals surface area contributed by atoms with Crippen molar-refractivity contribution < 1.29 is 23.1 Å². The van der Waals surface area contributed by atoms with E-state index in [0.717, 1.165) is 5.56 Å². The third-order valence-electron chi connectivity index (χ3n) is 4.71. The van der Waals surface area contributed by atoms with Crippen LogP contribution in [0.25, 0.3) is 0 Å². The second-order valence-corrected chi connectivity index (χ2v) is 8.15. The van der Waals surface area contributed by atoms with Gasteiger partial charge in [0.1, 0.15) is 11.8 Å². The number of likely N-dealkylation sites (tertiary alicyclic amines) is 1. The van der Waals surface area contributed by atoms with Gasteiger partial charge in [0.2, 0.25) is 9.84 Å². The van der Waals surface area contributed by atoms with Crippen LogP contribution in [0.1, 0.15) is 23.5 Å². The number of nitriles is 1. The molecule has 0 radical (unpaired) electrons. The van der Waals surface area contributed by atoms with Crippen molar-refractivity contribution in [3.8, 4) is 11.8 Å². The molecule has 0 bridgehead atoms. The average molecular weight is 386 g/mol. The molecule has 1 atom stereocenters. The van der Waals surface area contributed by atoms with Gasteiger partial charge >= 0.3 is 6.09 Å². The van der Waals surface area contributed by atoms with E-state index in [1.165, 1.54) is 36.3 Å². The van der Waals surface area contributed by atoms with Gasteiger partial charge in [-0.2, -0.15) is 5.26 Å². The van der Waals surface area contributed by atoms with Crippen LogP contribution < -0.4 is 4.74 Å². The van der Waals surface area contributed by atoms with Crippen LogP contribution in [0.15, 0.2) is 52.3 Å². The second-order valence-electron chi connectivity index (χ2n) is 6.23. The minimum atomic E-state index is -3.89. The van der Waals surface area contributed by atoms with Crippen LogP contribution in [0.4, 0.5) is 4.79 Å². The number of ether oxygens (including phenoxy) is 1. The summed E-state index contributed by atoms with van der Waals surface area (Å²) in [4.78, 5) is 12.4. The molecule has 0 spiro atoms. The van der Waals surface area contributed by atoms with Crippen LogP contribution in [-0.4, -0.2) is 44.7 Å². The molecule has 1 saturated heterocycles. The summed E-state index contributed by atoms with van der Waals surface area (Å²) < 4.78 is 31.3. The van der Waals surface area contributed by atoms with E-state index >= 15 is 0 Å². The molecule has 8 heteroatoms. The topological polar surface area (TPSA) is 108 Å². The molecular formula is C19H18N2O5S. The van der Waals surface area contributed by atoms with E-state index in [-0.39, 0.29) is 21.3 Å². The van der Waals surface area contributed by atoms with E-state index in [1.54, 1.807) is 18.2 Å². The quantitative estimate of drug-likeness (QED) is 0.866. The van der Waals surface area contributed by atoms with Crippen molar-refractivity contribution >= 4 is 15.9 Å². The Morgan fingerprint density at radius 2 is 2.04 bits per heavy atom. The zero-order valence-electron chi connectivity index (χ0n) is 14.6. The summed E-state index contributed by atoms with van der Waals surface area (Å²) in [5.74, 6) is 0.335. The number of nitrogens with zero attached hydrogens (tertiary/aromatic N) is 2. The molecular weight excluding hydrogens is 368 g/mol. The Bertz CT molecular complexity index is 1030. The minimum Gasteiger partial charge on any atom is -0.496 e. The Balaban J connectivity index is 2.00. The largest absolute Gasteiger partial charge is 0.496 e. The van der Waals surface area contributed by atoms with Gasteiger partial charge in [0, 0.05) is 19.0 Å². The normalized spacial score (nSPS) is 16.7. The molecule has 7 nitrogen and oxygen atoms in total. The minimum absolute atomic E-state index is 0.0267. The first-order chi connectivity index (χ1) is 12.9. The number of sulfone groups is 1. The van der Waals surface area contributed by atoms with Crippen LogP contribution in [0.5, 0.6) is 5.75 Å². The Morgan fingerprint density at radius 1 is 1.30 bits per heavy atom. The molecule has 140 valence electrons. The van der Waals surface area contributed by atoms with Crippen molar-refractivity contribution in [3.05, 3.63) is 53.6 Å². The zero-order chi connectivity index (χ0) is 19.6. The molecule has 2 aromatic carbocycles. The smallest absolute Gasteiger partial charge is 0.407 e. The molecule has 1 N–H and O–H groups in total. The number of carboxylic acid groups (broad SMARTS) is 1. The number of benzene rings is 2. The van der Waals surface area contributed by atoms with Gasteiger partial charge in [-0.15, -0.1) is 0 Å². The van der Waals surface area contributed by atoms with Crippen LogP contribution in [0.3, 0.4) is 0 Å². The Labute approximate surface area is 157 Å². The molecule has 2 aromatic rings. The monoisotopic (exact) mass is 386 g/mol. The summed E-state index contributed by atoms with van der Waals surface area (Å²) in [6.45, 7) is 0.772. The number of amides is 1. The number of rotatable bonds is 4. The number of carbonyl (C=O) groups is 1. The van der Waals surface area contributed by atoms with Crippen LogP contribution in [0, 0.1) is 11.3 Å². The van der Waals surface area contributed by atoms with E-state index in [2.05, 4.69) is 0 Å². The first-order valence-corrected chi connectivity index (χ1v) is 9.77. The molecule has 0 saturated carbocycles. The highest BCUT2D eigenvalue weighted by atomic mass is 32.2. The predicted molar refractivity (Wildman–Crippen MR) is 96.6 cm³/mol. The third kappa shape index (κ3) is 3.46. The summed E-state index contributed by atoms with van der Waals surface area (Å²) in [6, 6.07) is 12.5. The molecule has 1 fully saturated rings. The molecule has 0 aliphatic carbocycles. The van der Waals surface area contributed by atoms with Gasteiger partial charge in [0.05, 0.1) is 22.5 Å². The lowest BCUT2D eigenvalue weighted by molar-refractivity contribution is 0.155. The molecule has 3 rings (SSSR count). The highest BCUT2D eigenvalue weighted by molar-refractivity contribution is 7.91. The first kappa shape index (κ1) is 18.7. The lowest BCUT2D eigenvalue weighted by Gasteiger charge is -2.17. The van der Waals surface area contributed by atoms with Crippen LogP contribution >= 0.6 is 0 Å². The van der Waals surface area contributed by atoms with Crippen molar-refractivity contribution in [1.29, 1.82) is 5.26 Å². The highest BCUT2D eigenvalue weighted by Crippen LogP contribution is 2.36. The maximum atomic E-state index is 13.0. The lowest BCUT2D eigenvalue weighted by Crippen LogP contribution is -2.26. The molecule has 27 heavy (non-hydrogen) atoms. The van der Waals surface area contributed by atoms with E-state index < -0.39 is 15.9 Å². The van der Waals surface area contributed by atoms with Crippen molar-refractivity contribution in [2.24, 2.45) is 0 Å². The van der Waals surface area contributed by atoms with Crippen molar-refractivity contribution in [2.45, 2.75) is 22.1 Å². The Morgan fingerprint density at radius 3 is 2.67 bits per heavy atom. The van der Waals surface area contributed by atoms with E-state index in [0.29, 0.717) is 25.3 Å². The average Bonchev–Trinajstić information content (AvgIpc) is 3.17. The Kier molecular flexibility index (Phi) is 5.06. The molecule has 1 unspecified atom stereocenters. The van der Waals surface area contributed by atoms with Crippen molar-refractivity contribution in [1.82, 2.24) is 4.90 Å². The van der Waals surface area contributed by atoms with Gasteiger partial charge < -0.3 is 14.7 Å². The highest BCUT2D eigenvalue weighted by Gasteiger charge is 2.30. The van der Waals surface area contributed by atoms with Gasteiger partial charge in [0.25, 0.3) is 0 Å². The molecule has 1 amide bonds. The number of hydrogen-bond acceptors (Lipinski definition) is 5. The van der Waals surface area contributed by atoms with E-state index in [9.17, 15) is 18.5 Å². The summed E-state index contributed by atoms with van der Waals surface area (Å²) in [6.07, 6.45) is -0.324. The maximum Gasteiger partial charge on any atom is 0.407 e. The molecule has 1 aliphatic heterocycles. The van der Waals surface area contributed by atoms with Crippen molar-refractivity contribution in [3.63, 3.8) is 0 Å². The fraction of sp³-hybridized carbons (Fsp3) is 0.263. The van der Waals surface area contributed by atoms with E-state index in [4.69, 9.17) is 9.84 Å². The number of methoxy groups -OCH3 is 1. The van der Waals surface area contributed by atoms with Crippen molar-refractivity contribution in [2.75, 3.05) is 20.2 Å². The van der Waals surface area contributed by atoms with Gasteiger partial charge in [-0.05, 0) is 36.2 Å². The Hall–Kier alpha value is -3.05. The fourth-order valence-electron chi connectivity index (χ4n) is 3.30. The van der Waals surface area contributed by atoms with Crippen LogP contribution in [0.2, 0.25) is 0 Å². The third-order valence-corrected chi connectivity index (χ3v) is 6.52. The number of hydrogen-bond donors (Lipinski definition) is 1. The lowest BCUT2D eigenvalue weighted by atomic mass is 9.97. The van der Waals surface area contributed by atoms with Gasteiger partial charge in [-0.25, -0.2) is 13.2 Å². The summed E-state index contributed by atoms with van der Waals surface area (Å²) >= 11 is 0. The van der Waals surface area contributed by atoms with E-state index in [1.807, 2.05) is 6.07 Å². The molecule has 0 aromatic heterocycles. The molecule has 1 heterocycles. The first-order valence-electron chi connectivity index (χ1n) is 8.28. The fourth-order valence-corrected chi connectivity index (χ4v) is 4.73. The summed E-state index contributed by atoms with van der Waals surface area (Å²) in [7, 11) is -2.44. The maximum absolute atomic E-state index is 13.0. The zero-order valence-corrected chi connectivity index (χ0v) is 15.4. The predicted octanol–water partition coefficient (Wildman–Crippen LogP) is 2.87.